The molecule has 1 aliphatic rings. The fourth-order valence-corrected chi connectivity index (χ4v) is 2.10. The fraction of sp³-hybridized carbons (Fsp3) is 0.467. The molecule has 1 N–H and O–H groups in total. The second-order valence-electron chi connectivity index (χ2n) is 5.94. The van der Waals surface area contributed by atoms with E-state index in [0.29, 0.717) is 11.1 Å². The van der Waals surface area contributed by atoms with Crippen LogP contribution in [0.4, 0.5) is 9.18 Å². The van der Waals surface area contributed by atoms with E-state index in [1.54, 1.807) is 33.8 Å². The predicted molar refractivity (Wildman–Crippen MR) is 73.3 cm³/mol. The summed E-state index contributed by atoms with van der Waals surface area (Å²) in [5.41, 5.74) is 0.425. The minimum atomic E-state index is -0.651. The molecule has 0 fully saturated rings. The third-order valence-corrected chi connectivity index (χ3v) is 2.94. The van der Waals surface area contributed by atoms with Gasteiger partial charge in [0.15, 0.2) is 0 Å². The van der Waals surface area contributed by atoms with Crippen molar-refractivity contribution in [2.24, 2.45) is 0 Å². The number of cyclic esters (lactones) is 1. The van der Waals surface area contributed by atoms with Crippen LogP contribution in [-0.2, 0) is 16.0 Å². The molecular formula is C15H18FNO4. The zero-order chi connectivity index (χ0) is 15.8. The van der Waals surface area contributed by atoms with Crippen molar-refractivity contribution in [3.63, 3.8) is 0 Å². The molecular weight excluding hydrogens is 277 g/mol. The quantitative estimate of drug-likeness (QED) is 0.852. The zero-order valence-corrected chi connectivity index (χ0v) is 12.5. The van der Waals surface area contributed by atoms with Crippen molar-refractivity contribution in [3.05, 3.63) is 34.6 Å². The summed E-state index contributed by atoms with van der Waals surface area (Å²) in [7, 11) is 0. The van der Waals surface area contributed by atoms with Gasteiger partial charge in [-0.25, -0.2) is 14.0 Å². The van der Waals surface area contributed by atoms with E-state index in [2.05, 4.69) is 5.32 Å². The van der Waals surface area contributed by atoms with Crippen LogP contribution in [0.1, 0.15) is 55.3 Å². The van der Waals surface area contributed by atoms with Gasteiger partial charge >= 0.3 is 12.1 Å². The first-order chi connectivity index (χ1) is 9.67. The van der Waals surface area contributed by atoms with Crippen LogP contribution in [0.3, 0.4) is 0 Å². The molecule has 21 heavy (non-hydrogen) atoms. The highest BCUT2D eigenvalue weighted by molar-refractivity contribution is 5.94. The minimum Gasteiger partial charge on any atom is -0.454 e. The summed E-state index contributed by atoms with van der Waals surface area (Å²) in [5, 5.41) is 2.55. The highest BCUT2D eigenvalue weighted by Gasteiger charge is 2.31. The maximum Gasteiger partial charge on any atom is 0.407 e. The Labute approximate surface area is 122 Å². The second kappa shape index (κ2) is 5.35. The highest BCUT2D eigenvalue weighted by Crippen LogP contribution is 2.32. The maximum atomic E-state index is 13.9. The molecule has 0 saturated carbocycles. The summed E-state index contributed by atoms with van der Waals surface area (Å²) in [6, 6.07) is 2.88. The molecule has 1 unspecified atom stereocenters. The molecule has 5 nitrogen and oxygen atoms in total. The normalized spacial score (nSPS) is 17.2. The first-order valence-corrected chi connectivity index (χ1v) is 6.67. The minimum absolute atomic E-state index is 0.0245. The van der Waals surface area contributed by atoms with Gasteiger partial charge in [-0.2, -0.15) is 0 Å². The van der Waals surface area contributed by atoms with Crippen molar-refractivity contribution in [1.29, 1.82) is 0 Å². The topological polar surface area (TPSA) is 64.6 Å². The van der Waals surface area contributed by atoms with Crippen molar-refractivity contribution < 1.29 is 23.5 Å². The number of ether oxygens (including phenoxy) is 2. The Balaban J connectivity index is 2.09. The molecule has 0 radical (unpaired) electrons. The van der Waals surface area contributed by atoms with Gasteiger partial charge in [0, 0.05) is 12.1 Å². The number of fused-ring (bicyclic) bond motifs is 1. The molecule has 1 aromatic rings. The van der Waals surface area contributed by atoms with Gasteiger partial charge in [-0.3, -0.25) is 0 Å². The average Bonchev–Trinajstić information content (AvgIpc) is 2.60. The van der Waals surface area contributed by atoms with E-state index in [0.717, 1.165) is 0 Å². The van der Waals surface area contributed by atoms with Gasteiger partial charge < -0.3 is 14.8 Å². The van der Waals surface area contributed by atoms with E-state index in [9.17, 15) is 14.0 Å². The Hall–Kier alpha value is -2.11. The Morgan fingerprint density at radius 3 is 2.71 bits per heavy atom. The predicted octanol–water partition coefficient (Wildman–Crippen LogP) is 3.08. The van der Waals surface area contributed by atoms with Crippen LogP contribution >= 0.6 is 0 Å². The van der Waals surface area contributed by atoms with Crippen molar-refractivity contribution in [3.8, 4) is 0 Å². The van der Waals surface area contributed by atoms with Gasteiger partial charge in [-0.1, -0.05) is 0 Å². The number of carbonyl (C=O) groups is 2. The third kappa shape index (κ3) is 3.51. The largest absolute Gasteiger partial charge is 0.454 e. The molecule has 1 heterocycles. The molecule has 0 spiro atoms. The van der Waals surface area contributed by atoms with Gasteiger partial charge in [-0.05, 0) is 45.4 Å². The lowest BCUT2D eigenvalue weighted by atomic mass is 10.0. The van der Waals surface area contributed by atoms with E-state index in [1.807, 2.05) is 0 Å². The highest BCUT2D eigenvalue weighted by atomic mass is 19.1. The lowest BCUT2D eigenvalue weighted by Gasteiger charge is -2.19. The zero-order valence-electron chi connectivity index (χ0n) is 12.5. The summed E-state index contributed by atoms with van der Waals surface area (Å²) in [5.74, 6) is -1.29. The lowest BCUT2D eigenvalue weighted by molar-refractivity contribution is 0.0418. The number of nitrogens with one attached hydrogen (secondary N) is 1. The maximum absolute atomic E-state index is 13.9. The van der Waals surface area contributed by atoms with Crippen LogP contribution in [-0.4, -0.2) is 17.7 Å². The van der Waals surface area contributed by atoms with Crippen LogP contribution in [0.25, 0.3) is 0 Å². The van der Waals surface area contributed by atoms with E-state index in [4.69, 9.17) is 9.47 Å². The van der Waals surface area contributed by atoms with E-state index in [-0.39, 0.29) is 12.1 Å². The van der Waals surface area contributed by atoms with Crippen LogP contribution in [0, 0.1) is 5.82 Å². The molecule has 2 rings (SSSR count). The first-order valence-electron chi connectivity index (χ1n) is 6.67. The van der Waals surface area contributed by atoms with Gasteiger partial charge in [0.05, 0.1) is 0 Å². The van der Waals surface area contributed by atoms with Crippen molar-refractivity contribution in [2.45, 2.75) is 45.9 Å². The molecule has 1 amide bonds. The van der Waals surface area contributed by atoms with E-state index in [1.165, 1.54) is 6.07 Å². The standard InChI is InChI=1S/C15H18FNO4/c1-8-10-5-9(6-11(16)12(10)13(18)20-8)7-17-14(19)21-15(2,3)4/h5-6,8H,7H2,1-4H3,(H,17,19). The van der Waals surface area contributed by atoms with Gasteiger partial charge in [-0.15, -0.1) is 0 Å². The second-order valence-corrected chi connectivity index (χ2v) is 5.94. The lowest BCUT2D eigenvalue weighted by Crippen LogP contribution is -2.32. The molecule has 114 valence electrons. The Morgan fingerprint density at radius 2 is 2.10 bits per heavy atom. The first kappa shape index (κ1) is 15.3. The third-order valence-electron chi connectivity index (χ3n) is 2.94. The smallest absolute Gasteiger partial charge is 0.407 e. The van der Waals surface area contributed by atoms with Crippen LogP contribution in [0.5, 0.6) is 0 Å². The number of esters is 1. The van der Waals surface area contributed by atoms with Gasteiger partial charge in [0.2, 0.25) is 0 Å². The van der Waals surface area contributed by atoms with Crippen LogP contribution in [0.15, 0.2) is 12.1 Å². The summed E-state index contributed by atoms with van der Waals surface area (Å²) < 4.78 is 24.0. The number of rotatable bonds is 2. The number of halogens is 1. The van der Waals surface area contributed by atoms with Gasteiger partial charge in [0.25, 0.3) is 0 Å². The number of hydrogen-bond donors (Lipinski definition) is 1. The van der Waals surface area contributed by atoms with Crippen molar-refractivity contribution in [2.75, 3.05) is 0 Å². The van der Waals surface area contributed by atoms with Crippen LogP contribution in [0.2, 0.25) is 0 Å². The Bertz CT molecular complexity index is 592. The summed E-state index contributed by atoms with van der Waals surface area (Å²) >= 11 is 0. The molecule has 1 aliphatic heterocycles. The van der Waals surface area contributed by atoms with Crippen molar-refractivity contribution in [1.82, 2.24) is 5.32 Å². The SMILES string of the molecule is CC1OC(=O)c2c(F)cc(CNC(=O)OC(C)(C)C)cc21. The average molecular weight is 295 g/mol. The number of alkyl carbamates (subject to hydrolysis) is 1. The molecule has 6 heteroatoms. The monoisotopic (exact) mass is 295 g/mol. The molecule has 0 aliphatic carbocycles. The molecule has 0 saturated heterocycles. The number of hydrogen-bond acceptors (Lipinski definition) is 4. The Kier molecular flexibility index (Phi) is 3.89. The molecule has 0 bridgehead atoms. The van der Waals surface area contributed by atoms with Crippen molar-refractivity contribution >= 4 is 12.1 Å². The van der Waals surface area contributed by atoms with Crippen LogP contribution < -0.4 is 5.32 Å². The number of benzene rings is 1. The molecule has 1 aromatic carbocycles. The number of amides is 1. The van der Waals surface area contributed by atoms with E-state index >= 15 is 0 Å². The fourth-order valence-electron chi connectivity index (χ4n) is 2.10. The summed E-state index contributed by atoms with van der Waals surface area (Å²) in [6.45, 7) is 7.05. The van der Waals surface area contributed by atoms with Gasteiger partial charge in [0.1, 0.15) is 23.1 Å². The number of carbonyl (C=O) groups excluding carboxylic acids is 2. The molecule has 1 atom stereocenters. The van der Waals surface area contributed by atoms with E-state index < -0.39 is 29.6 Å². The summed E-state index contributed by atoms with van der Waals surface area (Å²) in [6.07, 6.45) is -1.06. The molecule has 0 aromatic heterocycles. The summed E-state index contributed by atoms with van der Waals surface area (Å²) in [4.78, 5) is 23.0. The Morgan fingerprint density at radius 1 is 1.43 bits per heavy atom.